The van der Waals surface area contributed by atoms with E-state index in [0.717, 1.165) is 10.9 Å². The van der Waals surface area contributed by atoms with Gasteiger partial charge in [0.1, 0.15) is 23.8 Å². The Morgan fingerprint density at radius 3 is 2.50 bits per heavy atom. The lowest BCUT2D eigenvalue weighted by Crippen LogP contribution is -2.59. The topological polar surface area (TPSA) is 118 Å². The summed E-state index contributed by atoms with van der Waals surface area (Å²) in [5.41, 5.74) is 0.601. The molecule has 0 spiro atoms. The molecular weight excluding hydrogens is 430 g/mol. The second-order valence-electron chi connectivity index (χ2n) is 11.3. The van der Waals surface area contributed by atoms with E-state index in [0.29, 0.717) is 12.2 Å². The lowest BCUT2D eigenvalue weighted by Gasteiger charge is -2.37. The number of para-hydroxylation sites is 1. The molecule has 34 heavy (non-hydrogen) atoms. The molecule has 3 N–H and O–H groups in total. The number of carbonyl (C=O) groups is 3. The first-order chi connectivity index (χ1) is 15.9. The molecule has 2 fully saturated rings. The van der Waals surface area contributed by atoms with E-state index in [4.69, 9.17) is 5.26 Å². The van der Waals surface area contributed by atoms with Gasteiger partial charge in [-0.25, -0.2) is 0 Å². The van der Waals surface area contributed by atoms with Gasteiger partial charge in [0.25, 0.3) is 5.91 Å². The largest absolute Gasteiger partial charge is 0.351 e. The zero-order valence-electron chi connectivity index (χ0n) is 20.6. The molecule has 3 amide bonds. The maximum atomic E-state index is 13.8. The van der Waals surface area contributed by atoms with Crippen molar-refractivity contribution in [1.29, 1.82) is 5.26 Å². The first-order valence-corrected chi connectivity index (χ1v) is 11.8. The van der Waals surface area contributed by atoms with E-state index in [-0.39, 0.29) is 35.0 Å². The molecule has 0 radical (unpaired) electrons. The van der Waals surface area contributed by atoms with Crippen molar-refractivity contribution in [3.05, 3.63) is 36.0 Å². The van der Waals surface area contributed by atoms with Crippen LogP contribution in [0.4, 0.5) is 0 Å². The minimum Gasteiger partial charge on any atom is -0.351 e. The molecule has 2 heterocycles. The standard InChI is InChI=1S/C26H33N5O3/c1-14(12-27)28-23(33)20-19-16(26(19,5)6)13-31(20)24(34)21(25(2,3)4)30-22(32)18-11-15-9-7-8-10-17(15)29-18/h7-11,14,16,19-21,29H,13H2,1-6H3,(H,28,33)(H,30,32)/t14-,16-,19-,20-,21+/m0/s1. The van der Waals surface area contributed by atoms with Gasteiger partial charge in [-0.3, -0.25) is 14.4 Å². The molecule has 1 aromatic carbocycles. The summed E-state index contributed by atoms with van der Waals surface area (Å²) in [4.78, 5) is 44.8. The number of rotatable bonds is 5. The van der Waals surface area contributed by atoms with Crippen molar-refractivity contribution < 1.29 is 14.4 Å². The van der Waals surface area contributed by atoms with Gasteiger partial charge < -0.3 is 20.5 Å². The first kappa shape index (κ1) is 23.8. The van der Waals surface area contributed by atoms with E-state index in [1.165, 1.54) is 0 Å². The Balaban J connectivity index is 1.58. The Morgan fingerprint density at radius 2 is 1.88 bits per heavy atom. The SMILES string of the molecule is C[C@@H](C#N)NC(=O)[C@@H]1[C@@H]2[C@H](CN1C(=O)[C@@H](NC(=O)c1cc3ccccc3[nH]1)C(C)(C)C)C2(C)C. The molecule has 1 saturated carbocycles. The van der Waals surface area contributed by atoms with Crippen LogP contribution in [0.25, 0.3) is 10.9 Å². The number of piperidine rings is 1. The number of hydrogen-bond acceptors (Lipinski definition) is 4. The molecule has 2 aliphatic rings. The van der Waals surface area contributed by atoms with Crippen LogP contribution in [0.1, 0.15) is 52.0 Å². The van der Waals surface area contributed by atoms with Crippen molar-refractivity contribution in [2.24, 2.45) is 22.7 Å². The van der Waals surface area contributed by atoms with Gasteiger partial charge in [-0.2, -0.15) is 5.26 Å². The molecule has 1 aliphatic heterocycles. The quantitative estimate of drug-likeness (QED) is 0.632. The number of aromatic nitrogens is 1. The number of likely N-dealkylation sites (tertiary alicyclic amines) is 1. The molecular formula is C26H33N5O3. The average Bonchev–Trinajstić information content (AvgIpc) is 3.16. The van der Waals surface area contributed by atoms with E-state index >= 15 is 0 Å². The van der Waals surface area contributed by atoms with Crippen LogP contribution in [0.2, 0.25) is 0 Å². The first-order valence-electron chi connectivity index (χ1n) is 11.8. The summed E-state index contributed by atoms with van der Waals surface area (Å²) in [7, 11) is 0. The van der Waals surface area contributed by atoms with Crippen LogP contribution >= 0.6 is 0 Å². The molecule has 1 aromatic heterocycles. The van der Waals surface area contributed by atoms with Gasteiger partial charge in [-0.15, -0.1) is 0 Å². The van der Waals surface area contributed by atoms with E-state index in [1.807, 2.05) is 51.1 Å². The number of nitrogens with one attached hydrogen (secondary N) is 3. The molecule has 5 atom stereocenters. The fraction of sp³-hybridized carbons (Fsp3) is 0.538. The molecule has 8 nitrogen and oxygen atoms in total. The monoisotopic (exact) mass is 463 g/mol. The predicted octanol–water partition coefficient (Wildman–Crippen LogP) is 2.82. The van der Waals surface area contributed by atoms with Crippen molar-refractivity contribution >= 4 is 28.6 Å². The van der Waals surface area contributed by atoms with Crippen LogP contribution in [0.3, 0.4) is 0 Å². The normalized spacial score (nSPS) is 24.6. The number of benzene rings is 1. The molecule has 1 saturated heterocycles. The van der Waals surface area contributed by atoms with E-state index in [1.54, 1.807) is 17.9 Å². The minimum atomic E-state index is -0.823. The number of H-pyrrole nitrogens is 1. The summed E-state index contributed by atoms with van der Waals surface area (Å²) < 4.78 is 0. The maximum Gasteiger partial charge on any atom is 0.268 e. The second kappa shape index (κ2) is 8.15. The summed E-state index contributed by atoms with van der Waals surface area (Å²) in [6, 6.07) is 9.26. The van der Waals surface area contributed by atoms with Gasteiger partial charge >= 0.3 is 0 Å². The number of amides is 3. The van der Waals surface area contributed by atoms with Gasteiger partial charge in [0, 0.05) is 17.4 Å². The van der Waals surface area contributed by atoms with Crippen LogP contribution in [0, 0.1) is 34.0 Å². The molecule has 2 aromatic rings. The van der Waals surface area contributed by atoms with Crippen LogP contribution in [-0.2, 0) is 9.59 Å². The molecule has 0 unspecified atom stereocenters. The summed E-state index contributed by atoms with van der Waals surface area (Å²) in [5.74, 6) is -0.699. The highest BCUT2D eigenvalue weighted by Crippen LogP contribution is 2.65. The van der Waals surface area contributed by atoms with Crippen molar-refractivity contribution in [3.8, 4) is 6.07 Å². The Bertz CT molecular complexity index is 1150. The number of nitriles is 1. The third kappa shape index (κ3) is 4.04. The molecule has 8 heteroatoms. The smallest absolute Gasteiger partial charge is 0.268 e. The summed E-state index contributed by atoms with van der Waals surface area (Å²) in [5, 5.41) is 15.7. The lowest BCUT2D eigenvalue weighted by molar-refractivity contribution is -0.143. The Kier molecular flexibility index (Phi) is 5.71. The average molecular weight is 464 g/mol. The number of carbonyl (C=O) groups excluding carboxylic acids is 3. The van der Waals surface area contributed by atoms with E-state index in [2.05, 4.69) is 29.5 Å². The van der Waals surface area contributed by atoms with Gasteiger partial charge in [-0.1, -0.05) is 52.8 Å². The number of nitrogens with zero attached hydrogens (tertiary/aromatic N) is 2. The fourth-order valence-corrected chi connectivity index (χ4v) is 5.36. The highest BCUT2D eigenvalue weighted by Gasteiger charge is 2.69. The van der Waals surface area contributed by atoms with Gasteiger partial charge in [-0.05, 0) is 41.7 Å². The maximum absolute atomic E-state index is 13.8. The van der Waals surface area contributed by atoms with Crippen molar-refractivity contribution in [1.82, 2.24) is 20.5 Å². The van der Waals surface area contributed by atoms with Crippen LogP contribution in [0.15, 0.2) is 30.3 Å². The molecule has 180 valence electrons. The predicted molar refractivity (Wildman–Crippen MR) is 128 cm³/mol. The zero-order valence-corrected chi connectivity index (χ0v) is 20.6. The van der Waals surface area contributed by atoms with Crippen LogP contribution < -0.4 is 10.6 Å². The third-order valence-electron chi connectivity index (χ3n) is 7.48. The summed E-state index contributed by atoms with van der Waals surface area (Å²) in [6.07, 6.45) is 0. The van der Waals surface area contributed by atoms with E-state index in [9.17, 15) is 14.4 Å². The second-order valence-corrected chi connectivity index (χ2v) is 11.3. The zero-order chi connectivity index (χ0) is 25.0. The Hall–Kier alpha value is -3.34. The number of aromatic amines is 1. The van der Waals surface area contributed by atoms with Crippen LogP contribution in [-0.4, -0.2) is 52.3 Å². The highest BCUT2D eigenvalue weighted by atomic mass is 16.2. The van der Waals surface area contributed by atoms with Crippen molar-refractivity contribution in [3.63, 3.8) is 0 Å². The molecule has 1 aliphatic carbocycles. The van der Waals surface area contributed by atoms with Gasteiger partial charge in [0.05, 0.1) is 6.07 Å². The van der Waals surface area contributed by atoms with Crippen LogP contribution in [0.5, 0.6) is 0 Å². The van der Waals surface area contributed by atoms with Gasteiger partial charge in [0.2, 0.25) is 11.8 Å². The summed E-state index contributed by atoms with van der Waals surface area (Å²) in [6.45, 7) is 12.0. The van der Waals surface area contributed by atoms with Crippen molar-refractivity contribution in [2.45, 2.75) is 59.7 Å². The van der Waals surface area contributed by atoms with E-state index < -0.39 is 23.5 Å². The lowest BCUT2D eigenvalue weighted by atomic mass is 9.85. The third-order valence-corrected chi connectivity index (χ3v) is 7.48. The minimum absolute atomic E-state index is 0.0346. The number of hydrogen-bond donors (Lipinski definition) is 3. The van der Waals surface area contributed by atoms with Crippen molar-refractivity contribution in [2.75, 3.05) is 6.54 Å². The number of fused-ring (bicyclic) bond motifs is 2. The Labute approximate surface area is 200 Å². The van der Waals surface area contributed by atoms with Gasteiger partial charge in [0.15, 0.2) is 0 Å². The summed E-state index contributed by atoms with van der Waals surface area (Å²) >= 11 is 0. The molecule has 0 bridgehead atoms. The Morgan fingerprint density at radius 1 is 1.21 bits per heavy atom. The molecule has 4 rings (SSSR count). The fourth-order valence-electron chi connectivity index (χ4n) is 5.36. The highest BCUT2D eigenvalue weighted by molar-refractivity contribution is 6.01.